The Morgan fingerprint density at radius 1 is 0.921 bits per heavy atom. The highest BCUT2D eigenvalue weighted by Gasteiger charge is 2.14. The van der Waals surface area contributed by atoms with Crippen LogP contribution in [0.4, 0.5) is 22.7 Å². The van der Waals surface area contributed by atoms with Gasteiger partial charge >= 0.3 is 5.69 Å². The van der Waals surface area contributed by atoms with E-state index >= 15 is 0 Å². The van der Waals surface area contributed by atoms with Crippen LogP contribution in [0.1, 0.15) is 5.69 Å². The molecule has 0 aliphatic heterocycles. The number of aryl methyl sites for hydroxylation is 1. The van der Waals surface area contributed by atoms with Crippen LogP contribution in [0.5, 0.6) is 5.88 Å². The Hall–Kier alpha value is -4.06. The van der Waals surface area contributed by atoms with Crippen molar-refractivity contribution in [3.63, 3.8) is 0 Å². The van der Waals surface area contributed by atoms with Crippen molar-refractivity contribution in [3.05, 3.63) is 83.3 Å². The molecule has 2 heterocycles. The van der Waals surface area contributed by atoms with Gasteiger partial charge in [-0.05, 0) is 43.3 Å². The standard InChI is InChI=1S/C20H14Cl2N8O7S/c1-8-15(19(33)30(29-8)9-2-4-10(5-3-9)38-37-36-35)27-25-13-6-12(22)14(7-11(13)21)26-28-16-17(31)23-20(34)24-18(16)32/h2-7,29,35H,1H3,(H3,23,24,31,32,34). The molecule has 0 bridgehead atoms. The number of nitrogens with zero attached hydrogens (tertiary/aromatic N) is 5. The molecular weight excluding hydrogens is 567 g/mol. The molecule has 38 heavy (non-hydrogen) atoms. The SMILES string of the molecule is Cc1[nH]n(-c2ccc(SOOO)cc2)c(=O)c1N=Nc1cc(Cl)c(N=Nc2c(O)[nH]c(=O)[nH]c2=O)cc1Cl. The molecule has 15 nitrogen and oxygen atoms in total. The van der Waals surface area contributed by atoms with E-state index in [1.165, 1.54) is 16.8 Å². The van der Waals surface area contributed by atoms with Gasteiger partial charge in [-0.3, -0.25) is 24.7 Å². The lowest BCUT2D eigenvalue weighted by Crippen LogP contribution is -2.20. The number of halogens is 2. The number of aromatic nitrogens is 4. The number of benzene rings is 2. The van der Waals surface area contributed by atoms with E-state index in [9.17, 15) is 19.5 Å². The third-order valence-corrected chi connectivity index (χ3v) is 5.93. The Labute approximate surface area is 224 Å². The van der Waals surface area contributed by atoms with E-state index < -0.39 is 28.4 Å². The molecule has 0 fully saturated rings. The second-order valence-corrected chi connectivity index (χ2v) is 8.79. The molecule has 0 spiro atoms. The Morgan fingerprint density at radius 2 is 1.53 bits per heavy atom. The summed E-state index contributed by atoms with van der Waals surface area (Å²) in [5, 5.41) is 39.9. The van der Waals surface area contributed by atoms with Crippen molar-refractivity contribution in [2.45, 2.75) is 11.8 Å². The minimum absolute atomic E-state index is 0.0178. The van der Waals surface area contributed by atoms with Gasteiger partial charge in [0.05, 0.1) is 33.5 Å². The number of hydrogen-bond acceptors (Lipinski definition) is 12. The average Bonchev–Trinajstić information content (AvgIpc) is 3.16. The van der Waals surface area contributed by atoms with Crippen molar-refractivity contribution in [3.8, 4) is 11.6 Å². The number of H-pyrrole nitrogens is 3. The van der Waals surface area contributed by atoms with Gasteiger partial charge in [-0.2, -0.15) is 0 Å². The molecule has 2 aromatic heterocycles. The normalized spacial score (nSPS) is 11.7. The summed E-state index contributed by atoms with van der Waals surface area (Å²) in [6.45, 7) is 1.63. The predicted octanol–water partition coefficient (Wildman–Crippen LogP) is 5.12. The smallest absolute Gasteiger partial charge is 0.328 e. The summed E-state index contributed by atoms with van der Waals surface area (Å²) in [6.07, 6.45) is 0. The minimum Gasteiger partial charge on any atom is -0.493 e. The number of aromatic hydroxyl groups is 1. The number of aromatic amines is 3. The van der Waals surface area contributed by atoms with E-state index in [4.69, 9.17) is 28.5 Å². The monoisotopic (exact) mass is 580 g/mol. The van der Waals surface area contributed by atoms with Crippen LogP contribution in [0.3, 0.4) is 0 Å². The maximum Gasteiger partial charge on any atom is 0.328 e. The highest BCUT2D eigenvalue weighted by atomic mass is 35.5. The summed E-state index contributed by atoms with van der Waals surface area (Å²) >= 11 is 13.2. The molecule has 4 rings (SSSR count). The van der Waals surface area contributed by atoms with Crippen LogP contribution >= 0.6 is 35.2 Å². The second-order valence-electron chi connectivity index (χ2n) is 7.21. The fourth-order valence-corrected chi connectivity index (χ4v) is 3.74. The molecule has 5 N–H and O–H groups in total. The molecule has 0 saturated carbocycles. The lowest BCUT2D eigenvalue weighted by atomic mass is 10.3. The van der Waals surface area contributed by atoms with E-state index in [0.717, 1.165) is 12.0 Å². The van der Waals surface area contributed by atoms with Gasteiger partial charge in [0.2, 0.25) is 11.6 Å². The Morgan fingerprint density at radius 3 is 2.11 bits per heavy atom. The molecule has 0 atom stereocenters. The van der Waals surface area contributed by atoms with Crippen LogP contribution in [0, 0.1) is 6.92 Å². The van der Waals surface area contributed by atoms with Gasteiger partial charge in [0.15, 0.2) is 5.69 Å². The molecular formula is C20H14Cl2N8O7S. The largest absolute Gasteiger partial charge is 0.493 e. The molecule has 0 radical (unpaired) electrons. The van der Waals surface area contributed by atoms with E-state index in [2.05, 4.69) is 34.9 Å². The molecule has 0 amide bonds. The highest BCUT2D eigenvalue weighted by molar-refractivity contribution is 7.94. The lowest BCUT2D eigenvalue weighted by Gasteiger charge is -2.02. The Balaban J connectivity index is 1.58. The maximum atomic E-state index is 12.9. The van der Waals surface area contributed by atoms with Gasteiger partial charge in [0.1, 0.15) is 11.4 Å². The quantitative estimate of drug-likeness (QED) is 0.0813. The van der Waals surface area contributed by atoms with Crippen LogP contribution in [-0.2, 0) is 9.37 Å². The number of azo groups is 2. The highest BCUT2D eigenvalue weighted by Crippen LogP contribution is 2.37. The topological polar surface area (TPSA) is 212 Å². The van der Waals surface area contributed by atoms with Gasteiger partial charge in [-0.1, -0.05) is 28.2 Å². The second kappa shape index (κ2) is 11.5. The van der Waals surface area contributed by atoms with Crippen molar-refractivity contribution in [1.29, 1.82) is 0 Å². The summed E-state index contributed by atoms with van der Waals surface area (Å²) in [7, 11) is 0. The van der Waals surface area contributed by atoms with E-state index in [1.54, 1.807) is 31.2 Å². The molecule has 0 saturated heterocycles. The molecule has 0 aliphatic rings. The van der Waals surface area contributed by atoms with Crippen LogP contribution in [-0.4, -0.2) is 30.1 Å². The third-order valence-electron chi connectivity index (χ3n) is 4.73. The fourth-order valence-electron chi connectivity index (χ4n) is 2.99. The fraction of sp³-hybridized carbons (Fsp3) is 0.0500. The zero-order valence-electron chi connectivity index (χ0n) is 18.8. The molecule has 4 aromatic rings. The molecule has 2 aromatic carbocycles. The van der Waals surface area contributed by atoms with Crippen molar-refractivity contribution >= 4 is 58.0 Å². The Kier molecular flexibility index (Phi) is 8.20. The van der Waals surface area contributed by atoms with E-state index in [1.807, 2.05) is 9.97 Å². The zero-order valence-corrected chi connectivity index (χ0v) is 21.1. The van der Waals surface area contributed by atoms with Crippen molar-refractivity contribution in [2.75, 3.05) is 0 Å². The van der Waals surface area contributed by atoms with Crippen molar-refractivity contribution in [2.24, 2.45) is 20.5 Å². The number of nitrogens with one attached hydrogen (secondary N) is 3. The average molecular weight is 581 g/mol. The lowest BCUT2D eigenvalue weighted by molar-refractivity contribution is -0.432. The number of rotatable bonds is 8. The van der Waals surface area contributed by atoms with E-state index in [0.29, 0.717) is 16.3 Å². The predicted molar refractivity (Wildman–Crippen MR) is 136 cm³/mol. The van der Waals surface area contributed by atoms with Gasteiger partial charge in [0, 0.05) is 4.90 Å². The first kappa shape index (κ1) is 27.0. The van der Waals surface area contributed by atoms with Gasteiger partial charge in [-0.25, -0.2) is 14.7 Å². The van der Waals surface area contributed by atoms with Crippen molar-refractivity contribution in [1.82, 2.24) is 19.7 Å². The van der Waals surface area contributed by atoms with Crippen LogP contribution in [0.15, 0.2) is 76.1 Å². The number of hydrogen-bond donors (Lipinski definition) is 5. The summed E-state index contributed by atoms with van der Waals surface area (Å²) in [6, 6.07) is 9.13. The first-order chi connectivity index (χ1) is 18.2. The molecule has 0 aliphatic carbocycles. The maximum absolute atomic E-state index is 12.9. The zero-order chi connectivity index (χ0) is 27.4. The van der Waals surface area contributed by atoms with Crippen LogP contribution in [0.25, 0.3) is 5.69 Å². The molecule has 18 heteroatoms. The molecule has 196 valence electrons. The van der Waals surface area contributed by atoms with E-state index in [-0.39, 0.29) is 27.1 Å². The van der Waals surface area contributed by atoms with Crippen molar-refractivity contribution < 1.29 is 19.7 Å². The third kappa shape index (κ3) is 5.91. The first-order valence-corrected chi connectivity index (χ1v) is 11.6. The summed E-state index contributed by atoms with van der Waals surface area (Å²) in [5.41, 5.74) is -1.83. The Bertz CT molecular complexity index is 1730. The first-order valence-electron chi connectivity index (χ1n) is 10.1. The minimum atomic E-state index is -0.963. The summed E-state index contributed by atoms with van der Waals surface area (Å²) in [4.78, 5) is 40.3. The van der Waals surface area contributed by atoms with Gasteiger partial charge < -0.3 is 5.11 Å². The summed E-state index contributed by atoms with van der Waals surface area (Å²) < 4.78 is 5.62. The molecule has 0 unspecified atom stereocenters. The summed E-state index contributed by atoms with van der Waals surface area (Å²) in [5.74, 6) is -0.775. The van der Waals surface area contributed by atoms with Gasteiger partial charge in [-0.15, -0.1) is 24.8 Å². The van der Waals surface area contributed by atoms with Crippen LogP contribution in [0.2, 0.25) is 10.0 Å². The van der Waals surface area contributed by atoms with Crippen LogP contribution < -0.4 is 16.8 Å². The van der Waals surface area contributed by atoms with Gasteiger partial charge in [0.25, 0.3) is 11.1 Å².